The van der Waals surface area contributed by atoms with E-state index in [-0.39, 0.29) is 31.1 Å². The maximum atomic E-state index is 12.9. The van der Waals surface area contributed by atoms with E-state index in [2.05, 4.69) is 57.2 Å². The predicted molar refractivity (Wildman–Crippen MR) is 358 cm³/mol. The highest BCUT2D eigenvalue weighted by Crippen LogP contribution is 2.19. The summed E-state index contributed by atoms with van der Waals surface area (Å²) < 4.78 is 17.0. The molecule has 0 saturated carbocycles. The second kappa shape index (κ2) is 71.1. The van der Waals surface area contributed by atoms with Gasteiger partial charge >= 0.3 is 17.9 Å². The summed E-state index contributed by atoms with van der Waals surface area (Å²) in [7, 11) is 0. The molecule has 0 saturated heterocycles. The molecule has 0 N–H and O–H groups in total. The Hall–Kier alpha value is -2.37. The van der Waals surface area contributed by atoms with Gasteiger partial charge in [-0.2, -0.15) is 0 Å². The highest BCUT2D eigenvalue weighted by Gasteiger charge is 2.20. The van der Waals surface area contributed by atoms with Gasteiger partial charge < -0.3 is 14.2 Å². The van der Waals surface area contributed by atoms with Crippen LogP contribution >= 0.6 is 0 Å². The molecular weight excluding hydrogens is 1010 g/mol. The average molecular weight is 1150 g/mol. The number of esters is 3. The van der Waals surface area contributed by atoms with Crippen molar-refractivity contribution in [3.8, 4) is 0 Å². The van der Waals surface area contributed by atoms with Gasteiger partial charge in [0.15, 0.2) is 6.10 Å². The van der Waals surface area contributed by atoms with Crippen LogP contribution in [0.5, 0.6) is 0 Å². The molecule has 0 rings (SSSR count). The van der Waals surface area contributed by atoms with Crippen LogP contribution in [-0.4, -0.2) is 37.2 Å². The topological polar surface area (TPSA) is 78.9 Å². The molecule has 0 aliphatic heterocycles. The van der Waals surface area contributed by atoms with Gasteiger partial charge in [0.05, 0.1) is 0 Å². The lowest BCUT2D eigenvalue weighted by Crippen LogP contribution is -2.30. The van der Waals surface area contributed by atoms with Crippen molar-refractivity contribution in [3.63, 3.8) is 0 Å². The highest BCUT2D eigenvalue weighted by atomic mass is 16.6. The molecule has 82 heavy (non-hydrogen) atoms. The van der Waals surface area contributed by atoms with E-state index in [0.717, 1.165) is 96.3 Å². The zero-order chi connectivity index (χ0) is 59.2. The number of unbranched alkanes of at least 4 members (excludes halogenated alkanes) is 52. The van der Waals surface area contributed by atoms with E-state index in [4.69, 9.17) is 14.2 Å². The smallest absolute Gasteiger partial charge is 0.306 e. The Morgan fingerprint density at radius 1 is 0.256 bits per heavy atom. The summed E-state index contributed by atoms with van der Waals surface area (Å²) in [4.78, 5) is 38.4. The normalized spacial score (nSPS) is 12.2. The molecule has 0 aromatic carbocycles. The number of ether oxygens (including phenoxy) is 3. The largest absolute Gasteiger partial charge is 0.462 e. The van der Waals surface area contributed by atoms with Crippen LogP contribution < -0.4 is 0 Å². The van der Waals surface area contributed by atoms with Crippen LogP contribution in [0.15, 0.2) is 36.5 Å². The van der Waals surface area contributed by atoms with E-state index >= 15 is 0 Å². The molecule has 0 aromatic heterocycles. The minimum atomic E-state index is -0.777. The van der Waals surface area contributed by atoms with Crippen LogP contribution in [-0.2, 0) is 28.6 Å². The van der Waals surface area contributed by atoms with E-state index in [1.807, 2.05) is 0 Å². The number of allylic oxidation sites excluding steroid dienone is 6. The molecule has 0 aliphatic rings. The van der Waals surface area contributed by atoms with E-state index < -0.39 is 6.10 Å². The lowest BCUT2D eigenvalue weighted by Gasteiger charge is -2.18. The fourth-order valence-corrected chi connectivity index (χ4v) is 11.4. The third-order valence-electron chi connectivity index (χ3n) is 16.9. The Morgan fingerprint density at radius 3 is 0.744 bits per heavy atom. The summed E-state index contributed by atoms with van der Waals surface area (Å²) in [5, 5.41) is 0. The summed E-state index contributed by atoms with van der Waals surface area (Å²) in [5.74, 6) is -0.858. The van der Waals surface area contributed by atoms with Crippen molar-refractivity contribution in [1.82, 2.24) is 0 Å². The lowest BCUT2D eigenvalue weighted by atomic mass is 10.0. The van der Waals surface area contributed by atoms with Crippen molar-refractivity contribution in [2.24, 2.45) is 0 Å². The summed E-state index contributed by atoms with van der Waals surface area (Å²) >= 11 is 0. The summed E-state index contributed by atoms with van der Waals surface area (Å²) in [6, 6.07) is 0. The molecule has 0 amide bonds. The van der Waals surface area contributed by atoms with Gasteiger partial charge in [0.2, 0.25) is 0 Å². The SMILES string of the molecule is CC/C=C\C/C=C\C/C=C\CCCCCCCC(=O)OCC(COC(=O)CCCCCCCCCCCCCCCCCCCCCCCCCCCCCCCCC)OC(=O)CCCCCCCCCCCCCCCCCCCC. The third kappa shape index (κ3) is 68.4. The lowest BCUT2D eigenvalue weighted by molar-refractivity contribution is -0.167. The molecule has 0 aliphatic carbocycles. The molecule has 0 heterocycles. The van der Waals surface area contributed by atoms with Crippen LogP contribution in [0.1, 0.15) is 412 Å². The Morgan fingerprint density at radius 2 is 0.476 bits per heavy atom. The van der Waals surface area contributed by atoms with Crippen LogP contribution in [0, 0.1) is 0 Å². The Bertz CT molecular complexity index is 1370. The third-order valence-corrected chi connectivity index (χ3v) is 16.9. The molecule has 0 radical (unpaired) electrons. The Kier molecular flexibility index (Phi) is 69.1. The zero-order valence-electron chi connectivity index (χ0n) is 55.5. The Labute approximate surface area is 512 Å². The predicted octanol–water partition coefficient (Wildman–Crippen LogP) is 25.5. The van der Waals surface area contributed by atoms with Crippen molar-refractivity contribution >= 4 is 17.9 Å². The molecule has 1 unspecified atom stereocenters. The second-order valence-corrected chi connectivity index (χ2v) is 25.2. The van der Waals surface area contributed by atoms with Crippen molar-refractivity contribution < 1.29 is 28.6 Å². The van der Waals surface area contributed by atoms with Crippen molar-refractivity contribution in [2.75, 3.05) is 13.2 Å². The molecule has 0 aromatic rings. The maximum Gasteiger partial charge on any atom is 0.306 e. The van der Waals surface area contributed by atoms with Crippen LogP contribution in [0.3, 0.4) is 0 Å². The molecule has 1 atom stereocenters. The first-order valence-corrected chi connectivity index (χ1v) is 37.0. The van der Waals surface area contributed by atoms with Gasteiger partial charge in [-0.3, -0.25) is 14.4 Å². The van der Waals surface area contributed by atoms with Crippen molar-refractivity contribution in [1.29, 1.82) is 0 Å². The second-order valence-electron chi connectivity index (χ2n) is 25.2. The van der Waals surface area contributed by atoms with E-state index in [1.165, 1.54) is 276 Å². The Balaban J connectivity index is 4.16. The zero-order valence-corrected chi connectivity index (χ0v) is 55.5. The van der Waals surface area contributed by atoms with Crippen LogP contribution in [0.25, 0.3) is 0 Å². The minimum Gasteiger partial charge on any atom is -0.462 e. The minimum absolute atomic E-state index is 0.0718. The fourth-order valence-electron chi connectivity index (χ4n) is 11.4. The molecule has 0 spiro atoms. The van der Waals surface area contributed by atoms with Gasteiger partial charge in [0, 0.05) is 19.3 Å². The van der Waals surface area contributed by atoms with Crippen molar-refractivity contribution in [3.05, 3.63) is 36.5 Å². The van der Waals surface area contributed by atoms with Gasteiger partial charge in [0.25, 0.3) is 0 Å². The van der Waals surface area contributed by atoms with Crippen molar-refractivity contribution in [2.45, 2.75) is 419 Å². The first-order chi connectivity index (χ1) is 40.5. The molecule has 6 nitrogen and oxygen atoms in total. The summed E-state index contributed by atoms with van der Waals surface area (Å²) in [6.45, 7) is 6.60. The molecule has 6 heteroatoms. The number of hydrogen-bond donors (Lipinski definition) is 0. The van der Waals surface area contributed by atoms with Gasteiger partial charge in [-0.15, -0.1) is 0 Å². The standard InChI is InChI=1S/C76H142O6/c1-4-7-10-13-16-19-22-25-28-30-32-33-34-35-36-37-38-39-40-41-42-43-44-46-48-51-54-57-60-63-66-69-75(78)81-72-73(71-80-74(77)68-65-62-59-56-53-50-47-27-24-21-18-15-12-9-6-3)82-76(79)70-67-64-61-58-55-52-49-45-31-29-26-23-20-17-14-11-8-5-2/h9,12,18,21,27,47,73H,4-8,10-11,13-17,19-20,22-26,28-46,48-72H2,1-3H3/b12-9-,21-18-,47-27-. The number of hydrogen-bond acceptors (Lipinski definition) is 6. The number of carbonyl (C=O) groups excluding carboxylic acids is 3. The number of carbonyl (C=O) groups is 3. The summed E-state index contributed by atoms with van der Waals surface area (Å²) in [6.07, 6.45) is 89.2. The summed E-state index contributed by atoms with van der Waals surface area (Å²) in [5.41, 5.74) is 0. The van der Waals surface area contributed by atoms with E-state index in [0.29, 0.717) is 19.3 Å². The van der Waals surface area contributed by atoms with Gasteiger partial charge in [-0.1, -0.05) is 378 Å². The van der Waals surface area contributed by atoms with Gasteiger partial charge in [-0.25, -0.2) is 0 Å². The fraction of sp³-hybridized carbons (Fsp3) is 0.882. The first-order valence-electron chi connectivity index (χ1n) is 37.0. The molecular formula is C76H142O6. The maximum absolute atomic E-state index is 12.9. The average Bonchev–Trinajstić information content (AvgIpc) is 3.47. The van der Waals surface area contributed by atoms with Crippen LogP contribution in [0.2, 0.25) is 0 Å². The van der Waals surface area contributed by atoms with Gasteiger partial charge in [-0.05, 0) is 51.4 Å². The molecule has 482 valence electrons. The monoisotopic (exact) mass is 1150 g/mol. The molecule has 0 fully saturated rings. The number of rotatable bonds is 69. The van der Waals surface area contributed by atoms with Gasteiger partial charge in [0.1, 0.15) is 13.2 Å². The highest BCUT2D eigenvalue weighted by molar-refractivity contribution is 5.71. The van der Waals surface area contributed by atoms with E-state index in [1.54, 1.807) is 0 Å². The molecule has 0 bridgehead atoms. The quantitative estimate of drug-likeness (QED) is 0.0261. The first kappa shape index (κ1) is 79.6. The van der Waals surface area contributed by atoms with E-state index in [9.17, 15) is 14.4 Å². The van der Waals surface area contributed by atoms with Crippen LogP contribution in [0.4, 0.5) is 0 Å².